The molecule has 6 N–H and O–H groups in total. The average Bonchev–Trinajstić information content (AvgIpc) is 3.36. The van der Waals surface area contributed by atoms with Crippen molar-refractivity contribution >= 4 is 22.3 Å². The van der Waals surface area contributed by atoms with Crippen LogP contribution in [0.3, 0.4) is 0 Å². The fourth-order valence-electron chi connectivity index (χ4n) is 5.78. The normalized spacial score (nSPS) is 28.7. The second kappa shape index (κ2) is 7.06. The number of aromatic amines is 1. The van der Waals surface area contributed by atoms with E-state index >= 15 is 4.39 Å². The number of anilines is 2. The Bertz CT molecular complexity index is 1170. The fraction of sp³-hybridized carbons (Fsp3) is 0.636. The summed E-state index contributed by atoms with van der Waals surface area (Å²) in [6.07, 6.45) is 5.57. The van der Waals surface area contributed by atoms with E-state index in [1.807, 2.05) is 4.90 Å². The van der Waals surface area contributed by atoms with Gasteiger partial charge < -0.3 is 21.5 Å². The first-order valence-corrected chi connectivity index (χ1v) is 11.2. The monoisotopic (exact) mass is 431 g/mol. The molecule has 1 aromatic heterocycles. The molecule has 1 aliphatic heterocycles. The zero-order valence-corrected chi connectivity index (χ0v) is 17.8. The van der Waals surface area contributed by atoms with Crippen LogP contribution in [0.4, 0.5) is 15.8 Å². The molecule has 168 valence electrons. The van der Waals surface area contributed by atoms with Crippen LogP contribution in [0.1, 0.15) is 56.6 Å². The Kier molecular flexibility index (Phi) is 4.67. The van der Waals surface area contributed by atoms with Gasteiger partial charge in [0.25, 0.3) is 5.56 Å². The number of aromatic nitrogens is 2. The summed E-state index contributed by atoms with van der Waals surface area (Å²) in [6, 6.07) is -0.205. The topological polar surface area (TPSA) is 130 Å². The standard InChI is InChI=1S/C22H30FN5O3/c1-11-18-15(20(29)26-21(30)28(18)13-4-5-13)17(25)16(23)19(11)27-8-6-12(10-27)9-22(31)7-2-3-14(22)24/h12-14,31H,2-10,24-25H2,1H3,(H,26,29,30). The maximum atomic E-state index is 15.5. The van der Waals surface area contributed by atoms with Crippen LogP contribution < -0.4 is 27.6 Å². The lowest BCUT2D eigenvalue weighted by atomic mass is 9.86. The molecule has 1 saturated heterocycles. The number of nitrogen functional groups attached to an aromatic ring is 1. The van der Waals surface area contributed by atoms with E-state index in [2.05, 4.69) is 4.98 Å². The lowest BCUT2D eigenvalue weighted by molar-refractivity contribution is 0.0103. The predicted molar refractivity (Wildman–Crippen MR) is 118 cm³/mol. The third-order valence-corrected chi connectivity index (χ3v) is 7.54. The number of nitrogens with two attached hydrogens (primary N) is 2. The van der Waals surface area contributed by atoms with Gasteiger partial charge in [-0.15, -0.1) is 0 Å². The molecular weight excluding hydrogens is 401 g/mol. The molecule has 31 heavy (non-hydrogen) atoms. The molecule has 2 aliphatic carbocycles. The molecule has 2 saturated carbocycles. The minimum absolute atomic E-state index is 0.00712. The van der Waals surface area contributed by atoms with Crippen LogP contribution in [0.5, 0.6) is 0 Å². The Hall–Kier alpha value is -2.39. The Morgan fingerprint density at radius 3 is 2.65 bits per heavy atom. The summed E-state index contributed by atoms with van der Waals surface area (Å²) in [5.41, 5.74) is 11.4. The number of rotatable bonds is 4. The van der Waals surface area contributed by atoms with Crippen molar-refractivity contribution in [3.63, 3.8) is 0 Å². The van der Waals surface area contributed by atoms with Gasteiger partial charge in [-0.3, -0.25) is 14.3 Å². The number of aryl methyl sites for hydroxylation is 1. The van der Waals surface area contributed by atoms with Crippen LogP contribution in [-0.4, -0.2) is 39.4 Å². The van der Waals surface area contributed by atoms with Crippen LogP contribution in [0.2, 0.25) is 0 Å². The quantitative estimate of drug-likeness (QED) is 0.543. The summed E-state index contributed by atoms with van der Waals surface area (Å²) in [5, 5.41) is 11.0. The summed E-state index contributed by atoms with van der Waals surface area (Å²) in [4.78, 5) is 29.3. The molecule has 3 fully saturated rings. The molecule has 5 rings (SSSR count). The average molecular weight is 432 g/mol. The number of benzene rings is 1. The number of aliphatic hydroxyl groups is 1. The van der Waals surface area contributed by atoms with Crippen LogP contribution in [0.15, 0.2) is 9.59 Å². The Morgan fingerprint density at radius 1 is 1.26 bits per heavy atom. The summed E-state index contributed by atoms with van der Waals surface area (Å²) in [7, 11) is 0. The molecule has 2 aromatic rings. The lowest BCUT2D eigenvalue weighted by Gasteiger charge is -2.31. The number of fused-ring (bicyclic) bond motifs is 1. The van der Waals surface area contributed by atoms with Gasteiger partial charge in [-0.1, -0.05) is 0 Å². The molecule has 1 aromatic carbocycles. The maximum Gasteiger partial charge on any atom is 0.329 e. The summed E-state index contributed by atoms with van der Waals surface area (Å²) >= 11 is 0. The number of halogens is 1. The highest BCUT2D eigenvalue weighted by atomic mass is 19.1. The van der Waals surface area contributed by atoms with E-state index in [9.17, 15) is 14.7 Å². The molecule has 2 heterocycles. The fourth-order valence-corrected chi connectivity index (χ4v) is 5.78. The molecule has 0 amide bonds. The highest BCUT2D eigenvalue weighted by molar-refractivity contribution is 5.97. The summed E-state index contributed by atoms with van der Waals surface area (Å²) in [6.45, 7) is 2.95. The van der Waals surface area contributed by atoms with Gasteiger partial charge in [0, 0.05) is 30.7 Å². The second-order valence-corrected chi connectivity index (χ2v) is 9.69. The molecule has 3 aliphatic rings. The lowest BCUT2D eigenvalue weighted by Crippen LogP contribution is -2.45. The molecular formula is C22H30FN5O3. The molecule has 8 nitrogen and oxygen atoms in total. The molecule has 0 spiro atoms. The van der Waals surface area contributed by atoms with Crippen molar-refractivity contribution in [2.24, 2.45) is 11.7 Å². The number of nitrogens with zero attached hydrogens (tertiary/aromatic N) is 2. The van der Waals surface area contributed by atoms with Gasteiger partial charge in [0.05, 0.1) is 27.9 Å². The highest BCUT2D eigenvalue weighted by Gasteiger charge is 2.42. The largest absolute Gasteiger partial charge is 0.396 e. The maximum absolute atomic E-state index is 15.5. The van der Waals surface area contributed by atoms with E-state index in [-0.39, 0.29) is 29.1 Å². The van der Waals surface area contributed by atoms with Crippen molar-refractivity contribution in [2.45, 2.75) is 69.6 Å². The first-order valence-electron chi connectivity index (χ1n) is 11.2. The van der Waals surface area contributed by atoms with Gasteiger partial charge in [-0.05, 0) is 57.8 Å². The number of nitrogens with one attached hydrogen (secondary N) is 1. The first kappa shape index (κ1) is 20.5. The van der Waals surface area contributed by atoms with Gasteiger partial charge in [-0.2, -0.15) is 0 Å². The van der Waals surface area contributed by atoms with E-state index in [1.54, 1.807) is 11.5 Å². The highest BCUT2D eigenvalue weighted by Crippen LogP contribution is 2.43. The van der Waals surface area contributed by atoms with Gasteiger partial charge in [-0.25, -0.2) is 9.18 Å². The SMILES string of the molecule is Cc1c(N2CCC(CC3(O)CCCC3N)C2)c(F)c(N)c2c(=O)[nH]c(=O)n(C3CC3)c12. The molecule has 3 unspecified atom stereocenters. The van der Waals surface area contributed by atoms with Crippen molar-refractivity contribution in [1.82, 2.24) is 9.55 Å². The van der Waals surface area contributed by atoms with Crippen molar-refractivity contribution in [1.29, 1.82) is 0 Å². The number of H-pyrrole nitrogens is 1. The zero-order valence-electron chi connectivity index (χ0n) is 17.8. The van der Waals surface area contributed by atoms with Crippen molar-refractivity contribution in [3.05, 3.63) is 32.2 Å². The van der Waals surface area contributed by atoms with E-state index in [0.717, 1.165) is 32.1 Å². The van der Waals surface area contributed by atoms with Crippen LogP contribution in [-0.2, 0) is 0 Å². The van der Waals surface area contributed by atoms with Crippen molar-refractivity contribution < 1.29 is 9.50 Å². The van der Waals surface area contributed by atoms with E-state index in [4.69, 9.17) is 11.5 Å². The Labute approximate surface area is 179 Å². The van der Waals surface area contributed by atoms with E-state index in [0.29, 0.717) is 42.7 Å². The van der Waals surface area contributed by atoms with Gasteiger partial charge in [0.2, 0.25) is 0 Å². The van der Waals surface area contributed by atoms with Gasteiger partial charge in [0.15, 0.2) is 5.82 Å². The Morgan fingerprint density at radius 2 is 2.00 bits per heavy atom. The van der Waals surface area contributed by atoms with Crippen molar-refractivity contribution in [2.75, 3.05) is 23.7 Å². The molecule has 3 atom stereocenters. The smallest absolute Gasteiger partial charge is 0.329 e. The summed E-state index contributed by atoms with van der Waals surface area (Å²) < 4.78 is 17.0. The van der Waals surface area contributed by atoms with Crippen LogP contribution in [0.25, 0.3) is 10.9 Å². The third-order valence-electron chi connectivity index (χ3n) is 7.54. The minimum atomic E-state index is -0.851. The predicted octanol–water partition coefficient (Wildman–Crippen LogP) is 1.51. The minimum Gasteiger partial charge on any atom is -0.396 e. The first-order chi connectivity index (χ1) is 14.7. The number of hydrogen-bond acceptors (Lipinski definition) is 6. The van der Waals surface area contributed by atoms with E-state index in [1.165, 1.54) is 0 Å². The zero-order chi connectivity index (χ0) is 22.1. The van der Waals surface area contributed by atoms with Gasteiger partial charge >= 0.3 is 5.69 Å². The Balaban J connectivity index is 1.56. The number of hydrogen-bond donors (Lipinski definition) is 4. The molecule has 0 bridgehead atoms. The third kappa shape index (κ3) is 3.17. The second-order valence-electron chi connectivity index (χ2n) is 9.69. The van der Waals surface area contributed by atoms with Crippen molar-refractivity contribution in [3.8, 4) is 0 Å². The molecule has 9 heteroatoms. The summed E-state index contributed by atoms with van der Waals surface area (Å²) in [5.74, 6) is -0.428. The van der Waals surface area contributed by atoms with Crippen LogP contribution >= 0.6 is 0 Å². The van der Waals surface area contributed by atoms with Crippen LogP contribution in [0, 0.1) is 18.7 Å². The van der Waals surface area contributed by atoms with E-state index < -0.39 is 22.7 Å². The van der Waals surface area contributed by atoms with Gasteiger partial charge in [0.1, 0.15) is 0 Å². The molecule has 0 radical (unpaired) electrons.